The number of halogens is 2. The van der Waals surface area contributed by atoms with Gasteiger partial charge in [0.25, 0.3) is 0 Å². The molecule has 2 aromatic carbocycles. The summed E-state index contributed by atoms with van der Waals surface area (Å²) in [4.78, 5) is 12.0. The van der Waals surface area contributed by atoms with Crippen LogP contribution in [0.4, 0.5) is 0 Å². The molecule has 0 bridgehead atoms. The van der Waals surface area contributed by atoms with E-state index in [0.717, 1.165) is 0 Å². The summed E-state index contributed by atoms with van der Waals surface area (Å²) in [6.45, 7) is 1.73. The number of hydrogen-bond acceptors (Lipinski definition) is 5. The molecule has 5 nitrogen and oxygen atoms in total. The molecule has 0 aliphatic heterocycles. The first-order valence-electron chi connectivity index (χ1n) is 6.99. The SMILES string of the molecule is CCOc1cc(C#N)cc(Cl)c1OC(=O)COc1ccccc1Cl. The van der Waals surface area contributed by atoms with Crippen molar-refractivity contribution in [1.29, 1.82) is 5.26 Å². The predicted molar refractivity (Wildman–Crippen MR) is 89.9 cm³/mol. The van der Waals surface area contributed by atoms with Gasteiger partial charge >= 0.3 is 5.97 Å². The third kappa shape index (κ3) is 4.54. The maximum absolute atomic E-state index is 12.0. The molecule has 0 saturated carbocycles. The monoisotopic (exact) mass is 365 g/mol. The topological polar surface area (TPSA) is 68.5 Å². The molecule has 7 heteroatoms. The van der Waals surface area contributed by atoms with Crippen molar-refractivity contribution >= 4 is 29.2 Å². The van der Waals surface area contributed by atoms with Crippen molar-refractivity contribution in [1.82, 2.24) is 0 Å². The van der Waals surface area contributed by atoms with Gasteiger partial charge in [0.05, 0.1) is 28.3 Å². The van der Waals surface area contributed by atoms with Gasteiger partial charge in [-0.15, -0.1) is 0 Å². The summed E-state index contributed by atoms with van der Waals surface area (Å²) in [6.07, 6.45) is 0. The highest BCUT2D eigenvalue weighted by Gasteiger charge is 2.17. The van der Waals surface area contributed by atoms with Gasteiger partial charge in [-0.05, 0) is 25.1 Å². The molecule has 0 saturated heterocycles. The molecule has 0 spiro atoms. The minimum absolute atomic E-state index is 0.0466. The van der Waals surface area contributed by atoms with E-state index >= 15 is 0 Å². The zero-order valence-electron chi connectivity index (χ0n) is 12.7. The zero-order chi connectivity index (χ0) is 17.5. The fraction of sp³-hybridized carbons (Fsp3) is 0.176. The average Bonchev–Trinajstić information content (AvgIpc) is 2.57. The smallest absolute Gasteiger partial charge is 0.349 e. The van der Waals surface area contributed by atoms with Crippen molar-refractivity contribution in [3.63, 3.8) is 0 Å². The fourth-order valence-electron chi connectivity index (χ4n) is 1.84. The number of hydrogen-bond donors (Lipinski definition) is 0. The van der Waals surface area contributed by atoms with Crippen LogP contribution in [0.25, 0.3) is 0 Å². The third-order valence-electron chi connectivity index (χ3n) is 2.84. The molecule has 2 aromatic rings. The zero-order valence-corrected chi connectivity index (χ0v) is 14.2. The number of carbonyl (C=O) groups is 1. The highest BCUT2D eigenvalue weighted by Crippen LogP contribution is 2.36. The lowest BCUT2D eigenvalue weighted by Crippen LogP contribution is -2.18. The number of benzene rings is 2. The number of nitrogens with zero attached hydrogens (tertiary/aromatic N) is 1. The number of esters is 1. The van der Waals surface area contributed by atoms with Crippen LogP contribution in [-0.4, -0.2) is 19.2 Å². The fourth-order valence-corrected chi connectivity index (χ4v) is 2.28. The lowest BCUT2D eigenvalue weighted by atomic mass is 10.2. The van der Waals surface area contributed by atoms with Crippen LogP contribution in [0, 0.1) is 11.3 Å². The van der Waals surface area contributed by atoms with Crippen LogP contribution in [0.5, 0.6) is 17.2 Å². The molecule has 24 heavy (non-hydrogen) atoms. The third-order valence-corrected chi connectivity index (χ3v) is 3.43. The molecular weight excluding hydrogens is 353 g/mol. The van der Waals surface area contributed by atoms with E-state index in [2.05, 4.69) is 0 Å². The van der Waals surface area contributed by atoms with Crippen molar-refractivity contribution in [3.05, 3.63) is 52.0 Å². The lowest BCUT2D eigenvalue weighted by Gasteiger charge is -2.13. The van der Waals surface area contributed by atoms with Crippen molar-refractivity contribution in [2.24, 2.45) is 0 Å². The van der Waals surface area contributed by atoms with Crippen molar-refractivity contribution < 1.29 is 19.0 Å². The Kier molecular flexibility index (Phi) is 6.30. The van der Waals surface area contributed by atoms with E-state index in [4.69, 9.17) is 42.7 Å². The molecule has 0 aliphatic carbocycles. The summed E-state index contributed by atoms with van der Waals surface area (Å²) in [7, 11) is 0. The lowest BCUT2D eigenvalue weighted by molar-refractivity contribution is -0.136. The van der Waals surface area contributed by atoms with E-state index in [-0.39, 0.29) is 23.1 Å². The molecule has 0 radical (unpaired) electrons. The second-order valence-electron chi connectivity index (χ2n) is 4.52. The van der Waals surface area contributed by atoms with Crippen LogP contribution >= 0.6 is 23.2 Å². The van der Waals surface area contributed by atoms with E-state index in [1.165, 1.54) is 12.1 Å². The second kappa shape index (κ2) is 8.44. The van der Waals surface area contributed by atoms with Gasteiger partial charge in [0.2, 0.25) is 0 Å². The number of para-hydroxylation sites is 1. The molecule has 0 heterocycles. The molecule has 0 atom stereocenters. The van der Waals surface area contributed by atoms with Gasteiger partial charge in [-0.3, -0.25) is 0 Å². The van der Waals surface area contributed by atoms with Crippen LogP contribution in [0.3, 0.4) is 0 Å². The summed E-state index contributed by atoms with van der Waals surface area (Å²) in [5.74, 6) is -0.0486. The normalized spacial score (nSPS) is 9.92. The maximum Gasteiger partial charge on any atom is 0.349 e. The van der Waals surface area contributed by atoms with Gasteiger partial charge in [-0.2, -0.15) is 5.26 Å². The van der Waals surface area contributed by atoms with Crippen LogP contribution in [-0.2, 0) is 4.79 Å². The highest BCUT2D eigenvalue weighted by molar-refractivity contribution is 6.32. The minimum Gasteiger partial charge on any atom is -0.490 e. The van der Waals surface area contributed by atoms with Gasteiger partial charge in [-0.1, -0.05) is 35.3 Å². The van der Waals surface area contributed by atoms with Crippen molar-refractivity contribution in [2.75, 3.05) is 13.2 Å². The number of rotatable bonds is 6. The number of nitriles is 1. The Labute approximate surface area is 149 Å². The Balaban J connectivity index is 2.11. The summed E-state index contributed by atoms with van der Waals surface area (Å²) in [6, 6.07) is 11.6. The molecule has 0 N–H and O–H groups in total. The Morgan fingerprint density at radius 3 is 2.54 bits per heavy atom. The first-order valence-corrected chi connectivity index (χ1v) is 7.75. The van der Waals surface area contributed by atoms with Gasteiger partial charge in [0, 0.05) is 6.07 Å². The molecule has 0 fully saturated rings. The summed E-state index contributed by atoms with van der Waals surface area (Å²) in [5.41, 5.74) is 0.301. The van der Waals surface area contributed by atoms with Crippen molar-refractivity contribution in [3.8, 4) is 23.3 Å². The number of ether oxygens (including phenoxy) is 3. The predicted octanol–water partition coefficient (Wildman–Crippen LogP) is 4.25. The van der Waals surface area contributed by atoms with Crippen LogP contribution in [0.15, 0.2) is 36.4 Å². The quantitative estimate of drug-likeness (QED) is 0.565. The Morgan fingerprint density at radius 1 is 1.12 bits per heavy atom. The van der Waals surface area contributed by atoms with Crippen LogP contribution in [0.2, 0.25) is 10.0 Å². The Bertz CT molecular complexity index is 787. The van der Waals surface area contributed by atoms with E-state index in [1.807, 2.05) is 6.07 Å². The maximum atomic E-state index is 12.0. The molecule has 0 unspecified atom stereocenters. The van der Waals surface area contributed by atoms with E-state index in [1.54, 1.807) is 31.2 Å². The molecule has 0 aliphatic rings. The minimum atomic E-state index is -0.678. The van der Waals surface area contributed by atoms with Gasteiger partial charge in [-0.25, -0.2) is 4.79 Å². The van der Waals surface area contributed by atoms with Crippen LogP contribution in [0.1, 0.15) is 12.5 Å². The Morgan fingerprint density at radius 2 is 1.88 bits per heavy atom. The summed E-state index contributed by atoms with van der Waals surface area (Å²) < 4.78 is 15.9. The largest absolute Gasteiger partial charge is 0.490 e. The molecule has 0 aromatic heterocycles. The van der Waals surface area contributed by atoms with Crippen molar-refractivity contribution in [2.45, 2.75) is 6.92 Å². The van der Waals surface area contributed by atoms with Gasteiger partial charge < -0.3 is 14.2 Å². The standard InChI is InChI=1S/C17H13Cl2NO4/c1-2-22-15-8-11(9-20)7-13(19)17(15)24-16(21)10-23-14-6-4-3-5-12(14)18/h3-8H,2,10H2,1H3. The summed E-state index contributed by atoms with van der Waals surface area (Å²) >= 11 is 12.0. The first-order chi connectivity index (χ1) is 11.5. The van der Waals surface area contributed by atoms with E-state index in [9.17, 15) is 4.79 Å². The second-order valence-corrected chi connectivity index (χ2v) is 5.34. The summed E-state index contributed by atoms with van der Waals surface area (Å²) in [5, 5.41) is 9.45. The molecule has 124 valence electrons. The van der Waals surface area contributed by atoms with Crippen LogP contribution < -0.4 is 14.2 Å². The molecule has 2 rings (SSSR count). The molecular formula is C17H13Cl2NO4. The highest BCUT2D eigenvalue weighted by atomic mass is 35.5. The molecule has 0 amide bonds. The average molecular weight is 366 g/mol. The van der Waals surface area contributed by atoms with Gasteiger partial charge in [0.15, 0.2) is 18.1 Å². The number of carbonyl (C=O) groups excluding carboxylic acids is 1. The first kappa shape index (κ1) is 17.9. The Hall–Kier alpha value is -2.42. The van der Waals surface area contributed by atoms with E-state index in [0.29, 0.717) is 22.9 Å². The van der Waals surface area contributed by atoms with Gasteiger partial charge in [0.1, 0.15) is 5.75 Å². The van der Waals surface area contributed by atoms with E-state index < -0.39 is 5.97 Å².